The Morgan fingerprint density at radius 2 is 0.688 bits per heavy atom. The van der Waals surface area contributed by atoms with E-state index in [4.69, 9.17) is 40.3 Å². The molecule has 0 aliphatic heterocycles. The van der Waals surface area contributed by atoms with Gasteiger partial charge in [-0.05, 0) is 260 Å². The molecule has 6 aliphatic rings. The Morgan fingerprint density at radius 3 is 1.05 bits per heavy atom. The first-order chi connectivity index (χ1) is 67.3. The van der Waals surface area contributed by atoms with E-state index in [0.717, 1.165) is 178 Å². The van der Waals surface area contributed by atoms with Crippen LogP contribution in [-0.4, -0.2) is 133 Å². The first kappa shape index (κ1) is 109. The summed E-state index contributed by atoms with van der Waals surface area (Å²) < 4.78 is 12.4. The van der Waals surface area contributed by atoms with Crippen molar-refractivity contribution in [2.75, 3.05) is 37.6 Å². The van der Waals surface area contributed by atoms with Gasteiger partial charge < -0.3 is 5.73 Å². The van der Waals surface area contributed by atoms with Crippen LogP contribution in [0.3, 0.4) is 0 Å². The zero-order valence-electron chi connectivity index (χ0n) is 85.9. The van der Waals surface area contributed by atoms with Crippen LogP contribution >= 0.6 is 48.0 Å². The van der Waals surface area contributed by atoms with Crippen LogP contribution in [0.1, 0.15) is 316 Å². The number of nitrogens with two attached hydrogens (primary N) is 1. The summed E-state index contributed by atoms with van der Waals surface area (Å²) in [6, 6.07) is 32.2. The van der Waals surface area contributed by atoms with Crippen LogP contribution in [-0.2, 0) is 35.2 Å². The summed E-state index contributed by atoms with van der Waals surface area (Å²) in [5.74, 6) is 6.40. The van der Waals surface area contributed by atoms with E-state index >= 15 is 0 Å². The summed E-state index contributed by atoms with van der Waals surface area (Å²) in [5.41, 5.74) is 20.9. The van der Waals surface area contributed by atoms with Crippen molar-refractivity contribution in [1.82, 2.24) is 97.2 Å². The second-order valence-corrected chi connectivity index (χ2v) is 45.3. The zero-order chi connectivity index (χ0) is 102. The van der Waals surface area contributed by atoms with Crippen molar-refractivity contribution in [2.24, 2.45) is 27.1 Å². The van der Waals surface area contributed by atoms with E-state index in [2.05, 4.69) is 153 Å². The highest BCUT2D eigenvalue weighted by Crippen LogP contribution is 2.45. The van der Waals surface area contributed by atoms with Crippen LogP contribution in [0.25, 0.3) is 78.2 Å². The smallest absolute Gasteiger partial charge is 0.232 e. The molecule has 0 saturated heterocycles. The molecule has 0 radical (unpaired) electrons. The highest BCUT2D eigenvalue weighted by atomic mass is 35.5. The number of nitrogen functional groups attached to an aromatic ring is 1. The number of amides is 6. The molecule has 0 spiro atoms. The Labute approximate surface area is 863 Å². The molecule has 14 heterocycles. The maximum atomic E-state index is 12.5. The number of fused-ring (bicyclic) bond motifs is 6. The fourth-order valence-electron chi connectivity index (χ4n) is 17.6. The number of aromatic nitrogens is 20. The Balaban J connectivity index is 0.000000145. The number of terminal acetylenes is 1. The highest BCUT2D eigenvalue weighted by molar-refractivity contribution is 6.30. The number of hydrogen-bond donors (Lipinski definition) is 7. The molecule has 20 rings (SSSR count). The van der Waals surface area contributed by atoms with Crippen molar-refractivity contribution in [3.05, 3.63) is 148 Å². The van der Waals surface area contributed by atoms with E-state index in [0.29, 0.717) is 126 Å². The van der Waals surface area contributed by atoms with Gasteiger partial charge in [0.1, 0.15) is 54.9 Å². The quantitative estimate of drug-likeness (QED) is 0.0275. The summed E-state index contributed by atoms with van der Waals surface area (Å²) in [4.78, 5) is 137. The van der Waals surface area contributed by atoms with Gasteiger partial charge in [0.15, 0.2) is 33.9 Å². The Morgan fingerprint density at radius 1 is 0.361 bits per heavy atom. The van der Waals surface area contributed by atoms with Crippen molar-refractivity contribution >= 4 is 192 Å². The largest absolute Gasteiger partial charge is 0.384 e. The molecule has 14 aromatic rings. The number of nitrogens with one attached hydrogen (secondary N) is 6. The minimum absolute atomic E-state index is 0. The van der Waals surface area contributed by atoms with E-state index in [-0.39, 0.29) is 93.8 Å². The normalized spacial score (nSPS) is 15.1. The van der Waals surface area contributed by atoms with Gasteiger partial charge >= 0.3 is 0 Å². The molecule has 8 N–H and O–H groups in total. The van der Waals surface area contributed by atoms with Crippen LogP contribution in [0.2, 0.25) is 10.3 Å². The average molecular weight is 2040 g/mol. The fraction of sp³-hybridized carbons (Fsp3) is 0.495. The van der Waals surface area contributed by atoms with E-state index < -0.39 is 0 Å². The monoisotopic (exact) mass is 2040 g/mol. The van der Waals surface area contributed by atoms with Gasteiger partial charge in [0.2, 0.25) is 71.1 Å². The van der Waals surface area contributed by atoms with Crippen LogP contribution < -0.4 is 37.6 Å². The van der Waals surface area contributed by atoms with E-state index in [1.165, 1.54) is 38.5 Å². The number of nitrogens with zero attached hydrogens (tertiary/aromatic N) is 20. The van der Waals surface area contributed by atoms with Crippen molar-refractivity contribution < 1.29 is 28.8 Å². The molecule has 6 amide bonds. The molecule has 0 aromatic carbocycles. The zero-order valence-corrected chi connectivity index (χ0v) is 89.1. The molecule has 6 saturated carbocycles. The van der Waals surface area contributed by atoms with Gasteiger partial charge in [-0.25, -0.2) is 59.8 Å². The maximum absolute atomic E-state index is 12.5. The van der Waals surface area contributed by atoms with E-state index in [9.17, 15) is 28.8 Å². The summed E-state index contributed by atoms with van der Waals surface area (Å²) in [7, 11) is 0. The minimum atomic E-state index is -0.139. The molecule has 0 atom stereocenters. The van der Waals surface area contributed by atoms with Crippen LogP contribution in [0, 0.1) is 60.2 Å². The third kappa shape index (κ3) is 27.7. The van der Waals surface area contributed by atoms with Crippen LogP contribution in [0.15, 0.2) is 109 Å². The molecule has 37 heteroatoms. The lowest BCUT2D eigenvalue weighted by Crippen LogP contribution is -2.24. The Hall–Kier alpha value is -12.6. The topological polar surface area (TPSA) is 411 Å². The van der Waals surface area contributed by atoms with Gasteiger partial charge in [0, 0.05) is 103 Å². The number of carbonyl (C=O) groups excluding carboxylic acids is 6. The molecule has 764 valence electrons. The number of anilines is 7. The SMILES string of the molecule is C#Cc1ccc2nc(NC(=O)CC(C)(C)C)n(C3CCC3)c2n1.CC(C)(C)CC(=O)Nc1nc2ccc(-c3cccnc3)nc2n1C1CCC1.CC(C)(C)CC(=O)Nc1nc2ccc(N)nc2n1C1CCC1.Cc1cc2nc(NC(=O)CC(C)(C)C)n(C3CCC3)c2nc1Cl.Cc1ccc2nc(NC(=O)CC(C)(C)C)n(C3CCC3)c2n1.Cc1cccc(CC(=O)Nc2nc3ccc(Cl)nc3n2C2CCC2)n1.Cl.Cl. The first-order valence-corrected chi connectivity index (χ1v) is 50.5. The van der Waals surface area contributed by atoms with E-state index in [1.807, 2.05) is 186 Å². The average Bonchev–Trinajstić information content (AvgIpc) is 1.66. The van der Waals surface area contributed by atoms with Gasteiger partial charge in [0.05, 0.1) is 12.1 Å². The first-order valence-electron chi connectivity index (χ1n) is 49.8. The number of hydrogen-bond acceptors (Lipinski definition) is 21. The van der Waals surface area contributed by atoms with Crippen molar-refractivity contribution in [2.45, 2.75) is 315 Å². The van der Waals surface area contributed by atoms with Gasteiger partial charge in [-0.2, -0.15) is 0 Å². The summed E-state index contributed by atoms with van der Waals surface area (Å²) in [6.45, 7) is 36.6. The minimum Gasteiger partial charge on any atom is -0.384 e. The molecule has 6 aliphatic carbocycles. The Kier molecular flexibility index (Phi) is 34.5. The van der Waals surface area contributed by atoms with Gasteiger partial charge in [-0.1, -0.05) is 139 Å². The number of pyridine rings is 8. The number of imidazole rings is 6. The molecule has 0 bridgehead atoms. The molecular weight excluding hydrogens is 1900 g/mol. The van der Waals surface area contributed by atoms with Crippen molar-refractivity contribution in [1.29, 1.82) is 0 Å². The molecule has 0 unspecified atom stereocenters. The predicted molar refractivity (Wildman–Crippen MR) is 577 cm³/mol. The molecular formula is C107H137Cl4N27O6. The number of aryl methyl sites for hydroxylation is 3. The Bertz CT molecular complexity index is 6910. The fourth-order valence-corrected chi connectivity index (χ4v) is 17.8. The van der Waals surface area contributed by atoms with Crippen molar-refractivity contribution in [3.8, 4) is 23.6 Å². The second kappa shape index (κ2) is 45.8. The summed E-state index contributed by atoms with van der Waals surface area (Å²) in [5, 5.41) is 18.8. The molecule has 14 aromatic heterocycles. The van der Waals surface area contributed by atoms with Crippen LogP contribution in [0.4, 0.5) is 41.5 Å². The second-order valence-electron chi connectivity index (χ2n) is 44.5. The third-order valence-electron chi connectivity index (χ3n) is 25.6. The standard InChI is InChI=1S/C21H25N5O.C18H18ClN5O.C18H22N4O.C17H23ClN4O.C17H24N4O.C16H23N5O.2ClH/c1-21(2,3)12-18(27)25-20-24-17-10-9-16(14-6-5-11-22-13-14)23-19(17)26(20)15-7-4-8-15;1-11-4-2-5-12(20-11)10-16(25)23-18-21-14-8-9-15(19)22-17(14)24(18)13-6-3-7-13;1-5-12-9-10-14-16(19-12)22(13-7-6-8-13)17(20-14)21-15(23)11-18(2,3)4;1-10-8-12-15(21-14(10)18)22(11-6-5-7-11)16(19-12)20-13(23)9-17(2,3)4;1-11-8-9-13-15(18-11)21(12-6-5-7-12)16(19-13)20-14(22)10-17(2,3)4;1-16(2,3)9-13(22)20-15-18-11-7-8-12(17)19-14(11)21(15)10-5-4-6-10;;/h5-6,9-11,13,15H,4,7-8,12H2,1-3H3,(H,24,25,27);2,4-5,8-9,13H,3,6-7,10H2,1H3,(H,21,23,25);1,9-10,13H,6-8,11H2,2-4H3,(H,20,21,23);8,11H,5-7,9H2,1-4H3,(H,19,20,23);8-9,12H,5-7,10H2,1-4H3,(H,19,20,22);7-8,10H,4-6,9H2,1-3H3,(H2,17,19)(H,18,20,22);2*1H. The highest BCUT2D eigenvalue weighted by Gasteiger charge is 2.36. The summed E-state index contributed by atoms with van der Waals surface area (Å²) >= 11 is 12.2. The molecule has 144 heavy (non-hydrogen) atoms. The number of rotatable bonds is 20. The predicted octanol–water partition coefficient (Wildman–Crippen LogP) is 24.1. The van der Waals surface area contributed by atoms with Gasteiger partial charge in [-0.3, -0.25) is 98.0 Å². The van der Waals surface area contributed by atoms with Crippen LogP contribution in [0.5, 0.6) is 0 Å². The van der Waals surface area contributed by atoms with E-state index in [1.54, 1.807) is 24.4 Å². The lowest BCUT2D eigenvalue weighted by Gasteiger charge is -2.28. The van der Waals surface area contributed by atoms with Gasteiger partial charge in [0.25, 0.3) is 0 Å². The summed E-state index contributed by atoms with van der Waals surface area (Å²) in [6.07, 6.45) is 31.7. The lowest BCUT2D eigenvalue weighted by molar-refractivity contribution is -0.118. The number of halogens is 4. The number of carbonyl (C=O) groups is 6. The molecule has 33 nitrogen and oxygen atoms in total. The third-order valence-corrected chi connectivity index (χ3v) is 26.2. The maximum Gasteiger partial charge on any atom is 0.232 e. The van der Waals surface area contributed by atoms with Crippen molar-refractivity contribution in [3.63, 3.8) is 0 Å². The molecule has 6 fully saturated rings. The van der Waals surface area contributed by atoms with Gasteiger partial charge in [-0.15, -0.1) is 31.2 Å². The lowest BCUT2D eigenvalue weighted by atomic mass is 9.92.